The van der Waals surface area contributed by atoms with Gasteiger partial charge in [0.15, 0.2) is 12.6 Å². The van der Waals surface area contributed by atoms with Gasteiger partial charge in [-0.2, -0.15) is 0 Å². The average Bonchev–Trinajstić information content (AvgIpc) is 0.789. The van der Waals surface area contributed by atoms with Crippen LogP contribution in [0.4, 0.5) is 0 Å². The van der Waals surface area contributed by atoms with Gasteiger partial charge in [-0.05, 0) is 122 Å². The van der Waals surface area contributed by atoms with Crippen LogP contribution < -0.4 is 5.32 Å². The van der Waals surface area contributed by atoms with Crippen LogP contribution in [0.5, 0.6) is 0 Å². The number of carbonyl (C=O) groups excluding carboxylic acids is 1. The van der Waals surface area contributed by atoms with Gasteiger partial charge in [0.05, 0.1) is 32.0 Å². The minimum atomic E-state index is -1.80. The number of carbonyl (C=O) groups is 1. The van der Waals surface area contributed by atoms with Crippen LogP contribution in [0, 0.1) is 0 Å². The Balaban J connectivity index is 1.66. The van der Waals surface area contributed by atoms with E-state index in [0.29, 0.717) is 12.8 Å². The van der Waals surface area contributed by atoms with Gasteiger partial charge in [-0.3, -0.25) is 4.79 Å². The molecule has 0 aromatic rings. The molecule has 0 spiro atoms. The summed E-state index contributed by atoms with van der Waals surface area (Å²) in [6.07, 6.45) is 94.3. The molecule has 0 aliphatic carbocycles. The normalized spacial score (nSPS) is 22.4. The first-order chi connectivity index (χ1) is 51.1. The Morgan fingerprint density at radius 2 is 0.673 bits per heavy atom. The first kappa shape index (κ1) is 95.4. The summed E-state index contributed by atoms with van der Waals surface area (Å²) >= 11 is 0. The maximum atomic E-state index is 13.4. The van der Waals surface area contributed by atoms with Gasteiger partial charge in [-0.25, -0.2) is 0 Å². The quantitative estimate of drug-likeness (QED) is 0.0204. The topological polar surface area (TPSA) is 228 Å². The van der Waals surface area contributed by atoms with Gasteiger partial charge < -0.3 is 65.1 Å². The number of rotatable bonds is 67. The Kier molecular flexibility index (Phi) is 65.4. The van der Waals surface area contributed by atoms with E-state index in [2.05, 4.69) is 177 Å². The van der Waals surface area contributed by atoms with E-state index in [1.54, 1.807) is 6.08 Å². The van der Waals surface area contributed by atoms with Gasteiger partial charge in [0, 0.05) is 6.42 Å². The van der Waals surface area contributed by atoms with Crippen molar-refractivity contribution in [1.29, 1.82) is 0 Å². The standard InChI is InChI=1S/C90H149NO13/c1-3-5-7-9-11-13-15-17-19-21-23-25-27-29-31-33-34-35-36-37-38-39-40-41-42-43-44-46-48-50-52-54-56-58-60-62-64-66-68-70-72-74-82(95)91-78(77-101-89-87(100)85(98)88(81(76-93)103-89)104-90-86(99)84(97)83(96)80(75-92)102-90)79(94)73-71-69-67-65-63-61-59-57-55-53-51-49-47-45-32-30-28-26-24-22-20-18-16-14-12-10-8-6-4-2/h5,7,11,13,17,19,23,25,29,31,34-35,37-38,40-41,43-44,48,50,54,56,60,62-63,65,71,73,78-81,83-90,92-94,96-100H,3-4,6,8-10,12,14-16,18,20-22,24,26-28,30,32-33,36,39,42,45-47,49,51-53,55,57-59,61,64,66-70,72,74-77H2,1-2H3,(H,91,95)/b7-5-,13-11-,19-17-,25-23-,31-29-,35-34-,38-37-,41-40-,44-43-,50-48-,56-54-,62-60-,65-63+,73-71+. The van der Waals surface area contributed by atoms with Crippen LogP contribution in [0.1, 0.15) is 296 Å². The van der Waals surface area contributed by atoms with Gasteiger partial charge in [0.2, 0.25) is 5.91 Å². The Morgan fingerprint density at radius 1 is 0.356 bits per heavy atom. The molecule has 0 aromatic heterocycles. The van der Waals surface area contributed by atoms with E-state index in [1.165, 1.54) is 148 Å². The second kappa shape index (κ2) is 71.3. The first-order valence-electron chi connectivity index (χ1n) is 41.4. The van der Waals surface area contributed by atoms with Crippen LogP contribution in [0.3, 0.4) is 0 Å². The number of hydrogen-bond donors (Lipinski definition) is 9. The lowest BCUT2D eigenvalue weighted by Gasteiger charge is -2.46. The molecule has 104 heavy (non-hydrogen) atoms. The van der Waals surface area contributed by atoms with E-state index in [1.807, 2.05) is 6.08 Å². The summed E-state index contributed by atoms with van der Waals surface area (Å²) in [6.45, 7) is 2.67. The molecule has 0 bridgehead atoms. The Morgan fingerprint density at radius 3 is 1.06 bits per heavy atom. The predicted molar refractivity (Wildman–Crippen MR) is 433 cm³/mol. The third-order valence-electron chi connectivity index (χ3n) is 18.9. The SMILES string of the molecule is CC/C=C\C/C=C\C/C=C\C/C=C\C/C=C\C/C=C\C/C=C\C/C=C\C/C=C\C/C=C\C/C=C\C/C=C\CCCCCCC(=O)NC(COC1OC(CO)C(OC2OC(CO)C(O)C(O)C2O)C(O)C1O)C(O)/C=C/CC/C=C/CCCCCCCCCCCCCCCCCCCCCCCCC. The van der Waals surface area contributed by atoms with Crippen molar-refractivity contribution in [3.8, 4) is 0 Å². The van der Waals surface area contributed by atoms with Crippen LogP contribution in [0.15, 0.2) is 170 Å². The minimum Gasteiger partial charge on any atom is -0.394 e. The summed E-state index contributed by atoms with van der Waals surface area (Å²) in [4.78, 5) is 13.4. The lowest BCUT2D eigenvalue weighted by atomic mass is 9.97. The van der Waals surface area contributed by atoms with Crippen molar-refractivity contribution < 1.29 is 64.6 Å². The van der Waals surface area contributed by atoms with Gasteiger partial charge >= 0.3 is 0 Å². The number of nitrogens with one attached hydrogen (secondary N) is 1. The van der Waals surface area contributed by atoms with Crippen molar-refractivity contribution in [1.82, 2.24) is 5.32 Å². The minimum absolute atomic E-state index is 0.233. The third-order valence-corrected chi connectivity index (χ3v) is 18.9. The zero-order valence-electron chi connectivity index (χ0n) is 64.9. The van der Waals surface area contributed by atoms with Gasteiger partial charge in [0.1, 0.15) is 48.8 Å². The number of aliphatic hydroxyl groups excluding tert-OH is 8. The lowest BCUT2D eigenvalue weighted by Crippen LogP contribution is -2.65. The van der Waals surface area contributed by atoms with Crippen molar-refractivity contribution in [3.05, 3.63) is 170 Å². The highest BCUT2D eigenvalue weighted by Gasteiger charge is 2.51. The molecule has 12 atom stereocenters. The van der Waals surface area contributed by atoms with E-state index in [0.717, 1.165) is 116 Å². The van der Waals surface area contributed by atoms with Crippen molar-refractivity contribution in [2.45, 2.75) is 370 Å². The molecule has 2 aliphatic rings. The van der Waals surface area contributed by atoms with E-state index in [-0.39, 0.29) is 18.9 Å². The Hall–Kier alpha value is -4.65. The molecular weight excluding hydrogens is 1300 g/mol. The Labute approximate surface area is 632 Å². The number of unbranched alkanes of at least 4 members (excludes halogenated alkanes) is 28. The van der Waals surface area contributed by atoms with Gasteiger partial charge in [-0.15, -0.1) is 0 Å². The van der Waals surface area contributed by atoms with Crippen molar-refractivity contribution in [2.24, 2.45) is 0 Å². The van der Waals surface area contributed by atoms with Crippen molar-refractivity contribution >= 4 is 5.91 Å². The van der Waals surface area contributed by atoms with Gasteiger partial charge in [-0.1, -0.05) is 338 Å². The van der Waals surface area contributed by atoms with E-state index in [9.17, 15) is 45.6 Å². The highest BCUT2D eigenvalue weighted by molar-refractivity contribution is 5.76. The second-order valence-electron chi connectivity index (χ2n) is 28.2. The smallest absolute Gasteiger partial charge is 0.220 e. The van der Waals surface area contributed by atoms with Gasteiger partial charge in [0.25, 0.3) is 0 Å². The fourth-order valence-corrected chi connectivity index (χ4v) is 12.4. The number of amides is 1. The van der Waals surface area contributed by atoms with Crippen LogP contribution in [0.2, 0.25) is 0 Å². The highest BCUT2D eigenvalue weighted by atomic mass is 16.7. The number of aliphatic hydroxyl groups is 8. The molecule has 0 aromatic carbocycles. The van der Waals surface area contributed by atoms with Crippen LogP contribution in [-0.4, -0.2) is 140 Å². The molecule has 592 valence electrons. The summed E-state index contributed by atoms with van der Waals surface area (Å²) in [7, 11) is 0. The lowest BCUT2D eigenvalue weighted by molar-refractivity contribution is -0.359. The van der Waals surface area contributed by atoms with Crippen LogP contribution >= 0.6 is 0 Å². The molecule has 9 N–H and O–H groups in total. The predicted octanol–water partition coefficient (Wildman–Crippen LogP) is 19.5. The molecule has 1 amide bonds. The molecule has 0 radical (unpaired) electrons. The number of hydrogen-bond acceptors (Lipinski definition) is 13. The summed E-state index contributed by atoms with van der Waals surface area (Å²) in [6, 6.07) is -0.961. The second-order valence-corrected chi connectivity index (χ2v) is 28.2. The molecular formula is C90H149NO13. The zero-order chi connectivity index (χ0) is 75.1. The van der Waals surface area contributed by atoms with E-state index >= 15 is 0 Å². The van der Waals surface area contributed by atoms with Crippen molar-refractivity contribution in [2.75, 3.05) is 19.8 Å². The van der Waals surface area contributed by atoms with Crippen LogP contribution in [0.25, 0.3) is 0 Å². The number of allylic oxidation sites excluding steroid dienone is 27. The molecule has 0 saturated carbocycles. The molecule has 2 rings (SSSR count). The van der Waals surface area contributed by atoms with Crippen LogP contribution in [-0.2, 0) is 23.7 Å². The van der Waals surface area contributed by atoms with E-state index in [4.69, 9.17) is 18.9 Å². The largest absolute Gasteiger partial charge is 0.394 e. The molecule has 2 saturated heterocycles. The fourth-order valence-electron chi connectivity index (χ4n) is 12.4. The molecule has 12 unspecified atom stereocenters. The maximum absolute atomic E-state index is 13.4. The van der Waals surface area contributed by atoms with E-state index < -0.39 is 86.8 Å². The highest BCUT2D eigenvalue weighted by Crippen LogP contribution is 2.30. The summed E-state index contributed by atoms with van der Waals surface area (Å²) in [5.41, 5.74) is 0. The third kappa shape index (κ3) is 53.2. The molecule has 14 nitrogen and oxygen atoms in total. The number of ether oxygens (including phenoxy) is 4. The summed E-state index contributed by atoms with van der Waals surface area (Å²) in [5.74, 6) is -0.278. The summed E-state index contributed by atoms with van der Waals surface area (Å²) in [5, 5.41) is 87.7. The molecule has 14 heteroatoms. The zero-order valence-corrected chi connectivity index (χ0v) is 64.9. The molecule has 2 aliphatic heterocycles. The van der Waals surface area contributed by atoms with Crippen molar-refractivity contribution in [3.63, 3.8) is 0 Å². The average molecular weight is 1450 g/mol. The molecule has 2 fully saturated rings. The summed E-state index contributed by atoms with van der Waals surface area (Å²) < 4.78 is 22.9. The fraction of sp³-hybridized carbons (Fsp3) is 0.678. The molecule has 2 heterocycles. The first-order valence-corrected chi connectivity index (χ1v) is 41.4. The maximum Gasteiger partial charge on any atom is 0.220 e. The monoisotopic (exact) mass is 1450 g/mol. The Bertz CT molecular complexity index is 2410.